The van der Waals surface area contributed by atoms with E-state index in [1.807, 2.05) is 37.3 Å². The normalized spacial score (nSPS) is 10.9. The van der Waals surface area contributed by atoms with Crippen molar-refractivity contribution in [3.8, 4) is 0 Å². The molecule has 1 N–H and O–H groups in total. The van der Waals surface area contributed by atoms with Crippen molar-refractivity contribution in [3.05, 3.63) is 30.3 Å². The molecule has 0 spiro atoms. The number of anilines is 1. The SMILES string of the molecule is CCO[SiH3].CO[Si](CCCNc1ccccc1)(OC)OC. The molecule has 0 bridgehead atoms. The van der Waals surface area contributed by atoms with E-state index < -0.39 is 8.80 Å². The second kappa shape index (κ2) is 13.0. The molecule has 1 aromatic rings. The maximum atomic E-state index is 5.36. The molecule has 0 saturated carbocycles. The Balaban J connectivity index is 0.000000885. The summed E-state index contributed by atoms with van der Waals surface area (Å²) in [5.74, 6) is 0. The van der Waals surface area contributed by atoms with Gasteiger partial charge in [0.1, 0.15) is 10.5 Å². The van der Waals surface area contributed by atoms with Crippen LogP contribution in [0.4, 0.5) is 5.69 Å². The van der Waals surface area contributed by atoms with Gasteiger partial charge in [-0.2, -0.15) is 0 Å². The van der Waals surface area contributed by atoms with Gasteiger partial charge < -0.3 is 23.0 Å². The predicted octanol–water partition coefficient (Wildman–Crippen LogP) is 1.67. The summed E-state index contributed by atoms with van der Waals surface area (Å²) in [6.45, 7) is 3.76. The van der Waals surface area contributed by atoms with Crippen molar-refractivity contribution in [3.63, 3.8) is 0 Å². The molecule has 0 radical (unpaired) electrons. The molecule has 1 aromatic carbocycles. The Kier molecular flexibility index (Phi) is 12.6. The van der Waals surface area contributed by atoms with Crippen molar-refractivity contribution in [2.24, 2.45) is 0 Å². The first-order valence-corrected chi connectivity index (χ1v) is 9.86. The van der Waals surface area contributed by atoms with Crippen molar-refractivity contribution >= 4 is 25.0 Å². The molecule has 5 nitrogen and oxygen atoms in total. The minimum atomic E-state index is -2.40. The van der Waals surface area contributed by atoms with Gasteiger partial charge in [0, 0.05) is 46.2 Å². The van der Waals surface area contributed by atoms with Crippen LogP contribution in [0.5, 0.6) is 0 Å². The zero-order chi connectivity index (χ0) is 16.0. The average molecular weight is 332 g/mol. The summed E-state index contributed by atoms with van der Waals surface area (Å²) >= 11 is 0. The Morgan fingerprint density at radius 1 is 1.05 bits per heavy atom. The summed E-state index contributed by atoms with van der Waals surface area (Å²) in [6, 6.07) is 10.9. The minimum Gasteiger partial charge on any atom is -0.428 e. The van der Waals surface area contributed by atoms with Gasteiger partial charge in [-0.15, -0.1) is 0 Å². The van der Waals surface area contributed by atoms with Crippen LogP contribution in [0.25, 0.3) is 0 Å². The molecule has 0 aliphatic heterocycles. The van der Waals surface area contributed by atoms with Crippen LogP contribution >= 0.6 is 0 Å². The average Bonchev–Trinajstić information content (AvgIpc) is 2.57. The highest BCUT2D eigenvalue weighted by atomic mass is 28.4. The van der Waals surface area contributed by atoms with E-state index in [-0.39, 0.29) is 0 Å². The molecular formula is C14H29NO4Si2. The Hall–Kier alpha value is -0.706. The standard InChI is InChI=1S/C12H21NO3Si.C2H8OSi/c1-14-17(15-2,16-3)11-7-10-13-12-8-5-4-6-9-12;1-2-3-4/h4-6,8-9,13H,7,10-11H2,1-3H3;2H2,1,4H3. The van der Waals surface area contributed by atoms with Crippen molar-refractivity contribution in [1.82, 2.24) is 0 Å². The predicted molar refractivity (Wildman–Crippen MR) is 92.7 cm³/mol. The lowest BCUT2D eigenvalue weighted by atomic mass is 10.3. The highest BCUT2D eigenvalue weighted by Gasteiger charge is 2.36. The molecule has 0 heterocycles. The van der Waals surface area contributed by atoms with Gasteiger partial charge in [0.15, 0.2) is 0 Å². The van der Waals surface area contributed by atoms with E-state index >= 15 is 0 Å². The molecule has 122 valence electrons. The van der Waals surface area contributed by atoms with Crippen LogP contribution in [0.15, 0.2) is 30.3 Å². The lowest BCUT2D eigenvalue weighted by Crippen LogP contribution is -2.42. The zero-order valence-corrected chi connectivity index (χ0v) is 16.8. The molecule has 0 unspecified atom stereocenters. The highest BCUT2D eigenvalue weighted by Crippen LogP contribution is 2.15. The Bertz CT molecular complexity index is 327. The summed E-state index contributed by atoms with van der Waals surface area (Å²) in [5, 5.41) is 3.35. The highest BCUT2D eigenvalue weighted by molar-refractivity contribution is 6.60. The third-order valence-electron chi connectivity index (χ3n) is 2.98. The first kappa shape index (κ1) is 20.3. The van der Waals surface area contributed by atoms with Gasteiger partial charge in [0.25, 0.3) is 0 Å². The summed E-state index contributed by atoms with van der Waals surface area (Å²) in [4.78, 5) is 0. The van der Waals surface area contributed by atoms with Gasteiger partial charge in [-0.3, -0.25) is 0 Å². The fourth-order valence-electron chi connectivity index (χ4n) is 1.65. The van der Waals surface area contributed by atoms with Crippen LogP contribution in [0.3, 0.4) is 0 Å². The molecular weight excluding hydrogens is 302 g/mol. The van der Waals surface area contributed by atoms with E-state index in [0.717, 1.165) is 41.8 Å². The van der Waals surface area contributed by atoms with Crippen molar-refractivity contribution in [1.29, 1.82) is 0 Å². The van der Waals surface area contributed by atoms with Gasteiger partial charge in [-0.1, -0.05) is 18.2 Å². The van der Waals surface area contributed by atoms with Gasteiger partial charge in [0.2, 0.25) is 0 Å². The number of rotatable bonds is 9. The minimum absolute atomic E-state index is 0.816. The molecule has 0 aromatic heterocycles. The maximum Gasteiger partial charge on any atom is 0.500 e. The van der Waals surface area contributed by atoms with E-state index in [4.69, 9.17) is 13.3 Å². The van der Waals surface area contributed by atoms with Crippen molar-refractivity contribution in [2.45, 2.75) is 19.4 Å². The smallest absolute Gasteiger partial charge is 0.428 e. The van der Waals surface area contributed by atoms with E-state index in [2.05, 4.69) is 9.74 Å². The summed E-state index contributed by atoms with van der Waals surface area (Å²) in [6.07, 6.45) is 0.955. The van der Waals surface area contributed by atoms with Crippen molar-refractivity contribution in [2.75, 3.05) is 39.8 Å². The fourth-order valence-corrected chi connectivity index (χ4v) is 3.37. The van der Waals surface area contributed by atoms with E-state index in [0.29, 0.717) is 0 Å². The van der Waals surface area contributed by atoms with E-state index in [1.54, 1.807) is 21.3 Å². The molecule has 0 aliphatic rings. The van der Waals surface area contributed by atoms with Crippen LogP contribution in [0.2, 0.25) is 6.04 Å². The Morgan fingerprint density at radius 2 is 1.57 bits per heavy atom. The number of hydrogen-bond acceptors (Lipinski definition) is 5. The zero-order valence-electron chi connectivity index (χ0n) is 13.8. The molecule has 0 aliphatic carbocycles. The van der Waals surface area contributed by atoms with E-state index in [1.165, 1.54) is 0 Å². The monoisotopic (exact) mass is 331 g/mol. The maximum absolute atomic E-state index is 5.36. The lowest BCUT2D eigenvalue weighted by Gasteiger charge is -2.24. The van der Waals surface area contributed by atoms with Gasteiger partial charge in [0.05, 0.1) is 0 Å². The largest absolute Gasteiger partial charge is 0.500 e. The van der Waals surface area contributed by atoms with Gasteiger partial charge in [-0.05, 0) is 25.5 Å². The van der Waals surface area contributed by atoms with Crippen LogP contribution in [0.1, 0.15) is 13.3 Å². The van der Waals surface area contributed by atoms with Gasteiger partial charge >= 0.3 is 8.80 Å². The fraction of sp³-hybridized carbons (Fsp3) is 0.571. The van der Waals surface area contributed by atoms with Crippen LogP contribution in [-0.4, -0.2) is 53.8 Å². The number of nitrogens with one attached hydrogen (secondary N) is 1. The molecule has 1 rings (SSSR count). The molecule has 7 heteroatoms. The van der Waals surface area contributed by atoms with Crippen molar-refractivity contribution < 1.29 is 17.7 Å². The summed E-state index contributed by atoms with van der Waals surface area (Å²) < 4.78 is 20.7. The molecule has 0 atom stereocenters. The third kappa shape index (κ3) is 9.02. The molecule has 0 saturated heterocycles. The van der Waals surface area contributed by atoms with Crippen LogP contribution in [-0.2, 0) is 17.7 Å². The third-order valence-corrected chi connectivity index (χ3v) is 6.39. The Labute approximate surface area is 132 Å². The topological polar surface area (TPSA) is 49.0 Å². The number of benzene rings is 1. The number of hydrogen-bond donors (Lipinski definition) is 1. The summed E-state index contributed by atoms with van der Waals surface area (Å²) in [5.41, 5.74) is 1.13. The molecule has 0 fully saturated rings. The second-order valence-electron chi connectivity index (χ2n) is 4.27. The van der Waals surface area contributed by atoms with Crippen LogP contribution < -0.4 is 5.32 Å². The Morgan fingerprint density at radius 3 is 2.00 bits per heavy atom. The first-order valence-electron chi connectivity index (χ1n) is 7.11. The van der Waals surface area contributed by atoms with Crippen LogP contribution in [0, 0.1) is 0 Å². The summed E-state index contributed by atoms with van der Waals surface area (Å²) in [7, 11) is 3.42. The first-order chi connectivity index (χ1) is 10.2. The molecule has 21 heavy (non-hydrogen) atoms. The van der Waals surface area contributed by atoms with Gasteiger partial charge in [-0.25, -0.2) is 0 Å². The molecule has 0 amide bonds. The number of para-hydroxylation sites is 1. The van der Waals surface area contributed by atoms with E-state index in [9.17, 15) is 0 Å². The quantitative estimate of drug-likeness (QED) is 0.551. The second-order valence-corrected chi connectivity index (χ2v) is 7.94. The lowest BCUT2D eigenvalue weighted by molar-refractivity contribution is 0.123.